The van der Waals surface area contributed by atoms with Crippen LogP contribution >= 0.6 is 24.4 Å². The summed E-state index contributed by atoms with van der Waals surface area (Å²) in [7, 11) is 0. The summed E-state index contributed by atoms with van der Waals surface area (Å²) in [5, 5.41) is 0.738. The van der Waals surface area contributed by atoms with E-state index in [0.29, 0.717) is 0 Å². The molecule has 0 fully saturated rings. The first kappa shape index (κ1) is 23.8. The van der Waals surface area contributed by atoms with Gasteiger partial charge in [-0.25, -0.2) is 4.98 Å². The second-order valence-electron chi connectivity index (χ2n) is 6.97. The van der Waals surface area contributed by atoms with E-state index in [1.54, 1.807) is 17.8 Å². The van der Waals surface area contributed by atoms with Crippen molar-refractivity contribution in [2.24, 2.45) is 0 Å². The summed E-state index contributed by atoms with van der Waals surface area (Å²) in [5.41, 5.74) is 0. The lowest BCUT2D eigenvalue weighted by Crippen LogP contribution is -2.07. The van der Waals surface area contributed by atoms with Crippen molar-refractivity contribution < 1.29 is 13.2 Å². The SMILES string of the molecule is CC(C)(C)S.CC(C)(C)Sc1cccc(F)n1.Fc1cccc(F)n1. The maximum absolute atomic E-state index is 12.6. The van der Waals surface area contributed by atoms with E-state index in [1.165, 1.54) is 12.1 Å². The molecule has 0 radical (unpaired) electrons. The Morgan fingerprint density at radius 3 is 1.40 bits per heavy atom. The number of thioether (sulfide) groups is 1. The molecule has 0 N–H and O–H groups in total. The third-order valence-electron chi connectivity index (χ3n) is 1.78. The maximum Gasteiger partial charge on any atom is 0.215 e. The van der Waals surface area contributed by atoms with Gasteiger partial charge in [-0.1, -0.05) is 53.7 Å². The van der Waals surface area contributed by atoms with E-state index >= 15 is 0 Å². The zero-order chi connectivity index (χ0) is 19.7. The van der Waals surface area contributed by atoms with Crippen LogP contribution in [-0.4, -0.2) is 19.5 Å². The Hall–Kier alpha value is -1.21. The van der Waals surface area contributed by atoms with Crippen molar-refractivity contribution in [1.29, 1.82) is 0 Å². The van der Waals surface area contributed by atoms with Crippen molar-refractivity contribution in [2.45, 2.75) is 56.1 Å². The van der Waals surface area contributed by atoms with Crippen LogP contribution in [0.25, 0.3) is 0 Å². The number of pyridine rings is 2. The molecule has 0 aliphatic carbocycles. The highest BCUT2D eigenvalue weighted by Crippen LogP contribution is 2.29. The second-order valence-corrected chi connectivity index (χ2v) is 10.2. The minimum Gasteiger partial charge on any atom is -0.213 e. The van der Waals surface area contributed by atoms with Crippen LogP contribution in [0, 0.1) is 17.8 Å². The van der Waals surface area contributed by atoms with Gasteiger partial charge in [0.1, 0.15) is 0 Å². The molecule has 2 aromatic heterocycles. The zero-order valence-electron chi connectivity index (χ0n) is 15.3. The van der Waals surface area contributed by atoms with E-state index < -0.39 is 17.8 Å². The van der Waals surface area contributed by atoms with Gasteiger partial charge in [-0.2, -0.15) is 30.8 Å². The molecule has 0 bridgehead atoms. The molecule has 0 saturated heterocycles. The summed E-state index contributed by atoms with van der Waals surface area (Å²) in [5.74, 6) is -1.99. The molecule has 140 valence electrons. The molecule has 0 unspecified atom stereocenters. The number of rotatable bonds is 1. The summed E-state index contributed by atoms with van der Waals surface area (Å²) in [6.45, 7) is 12.4. The molecule has 0 aromatic carbocycles. The van der Waals surface area contributed by atoms with Gasteiger partial charge in [0.25, 0.3) is 0 Å². The number of halogens is 3. The lowest BCUT2D eigenvalue weighted by molar-refractivity contribution is 0.513. The van der Waals surface area contributed by atoms with Crippen LogP contribution in [0.5, 0.6) is 0 Å². The van der Waals surface area contributed by atoms with Crippen molar-refractivity contribution in [3.63, 3.8) is 0 Å². The lowest BCUT2D eigenvalue weighted by atomic mass is 10.3. The number of hydrogen-bond donors (Lipinski definition) is 1. The fraction of sp³-hybridized carbons (Fsp3) is 0.444. The normalized spacial score (nSPS) is 11.0. The van der Waals surface area contributed by atoms with E-state index in [0.717, 1.165) is 17.2 Å². The molecule has 0 amide bonds. The average Bonchev–Trinajstić information content (AvgIpc) is 2.34. The molecule has 7 heteroatoms. The number of hydrogen-bond acceptors (Lipinski definition) is 4. The molecule has 0 aliphatic rings. The van der Waals surface area contributed by atoms with E-state index in [1.807, 2.05) is 6.07 Å². The third-order valence-corrected chi connectivity index (χ3v) is 2.83. The molecular weight excluding hydrogens is 365 g/mol. The van der Waals surface area contributed by atoms with Gasteiger partial charge in [0.15, 0.2) is 0 Å². The average molecular weight is 391 g/mol. The van der Waals surface area contributed by atoms with Crippen LogP contribution in [-0.2, 0) is 0 Å². The van der Waals surface area contributed by atoms with Gasteiger partial charge in [-0.15, -0.1) is 11.8 Å². The third kappa shape index (κ3) is 17.4. The van der Waals surface area contributed by atoms with Gasteiger partial charge < -0.3 is 0 Å². The Kier molecular flexibility index (Phi) is 10.2. The van der Waals surface area contributed by atoms with Crippen LogP contribution in [0.2, 0.25) is 0 Å². The standard InChI is InChI=1S/C9H12FNS.C5H3F2N.C4H10S/c1-9(2,3)12-8-6-4-5-7(10)11-8;6-4-2-1-3-5(7)8-4;1-4(2,3)5/h4-6H,1-3H3;1-3H;5H,1-3H3. The van der Waals surface area contributed by atoms with Gasteiger partial charge in [0.05, 0.1) is 5.03 Å². The van der Waals surface area contributed by atoms with E-state index in [-0.39, 0.29) is 9.49 Å². The number of thiol groups is 1. The fourth-order valence-electron chi connectivity index (χ4n) is 1.14. The molecule has 0 spiro atoms. The molecular formula is C18H25F3N2S2. The molecule has 2 aromatic rings. The van der Waals surface area contributed by atoms with E-state index in [9.17, 15) is 13.2 Å². The predicted molar refractivity (Wildman–Crippen MR) is 103 cm³/mol. The van der Waals surface area contributed by atoms with Gasteiger partial charge in [-0.3, -0.25) is 0 Å². The zero-order valence-corrected chi connectivity index (χ0v) is 17.1. The molecule has 2 heterocycles. The topological polar surface area (TPSA) is 25.8 Å². The van der Waals surface area contributed by atoms with E-state index in [2.05, 4.69) is 64.1 Å². The Balaban J connectivity index is 0.000000382. The second kappa shape index (κ2) is 10.7. The van der Waals surface area contributed by atoms with Gasteiger partial charge in [-0.05, 0) is 24.3 Å². The first-order chi connectivity index (χ1) is 11.3. The molecule has 2 rings (SSSR count). The Bertz CT molecular complexity index is 615. The van der Waals surface area contributed by atoms with Gasteiger partial charge in [0.2, 0.25) is 17.8 Å². The van der Waals surface area contributed by atoms with Crippen molar-refractivity contribution in [1.82, 2.24) is 9.97 Å². The molecule has 25 heavy (non-hydrogen) atoms. The van der Waals surface area contributed by atoms with E-state index in [4.69, 9.17) is 0 Å². The minimum absolute atomic E-state index is 0.0841. The van der Waals surface area contributed by atoms with Crippen molar-refractivity contribution >= 4 is 24.4 Å². The largest absolute Gasteiger partial charge is 0.215 e. The highest BCUT2D eigenvalue weighted by molar-refractivity contribution is 8.00. The summed E-state index contributed by atoms with van der Waals surface area (Å²) in [6.07, 6.45) is 0. The number of aromatic nitrogens is 2. The molecule has 2 nitrogen and oxygen atoms in total. The van der Waals surface area contributed by atoms with Crippen molar-refractivity contribution in [2.75, 3.05) is 0 Å². The fourth-order valence-corrected chi connectivity index (χ4v) is 2.05. The Morgan fingerprint density at radius 1 is 0.760 bits per heavy atom. The Labute approximate surface area is 158 Å². The Morgan fingerprint density at radius 2 is 1.12 bits per heavy atom. The molecule has 0 saturated carbocycles. The quantitative estimate of drug-likeness (QED) is 0.357. The maximum atomic E-state index is 12.6. The monoisotopic (exact) mass is 390 g/mol. The molecule has 0 aliphatic heterocycles. The first-order valence-electron chi connectivity index (χ1n) is 7.58. The number of nitrogens with zero attached hydrogens (tertiary/aromatic N) is 2. The van der Waals surface area contributed by atoms with Crippen LogP contribution in [0.1, 0.15) is 41.5 Å². The van der Waals surface area contributed by atoms with Crippen LogP contribution in [0.4, 0.5) is 13.2 Å². The highest BCUT2D eigenvalue weighted by Gasteiger charge is 2.12. The molecule has 0 atom stereocenters. The predicted octanol–water partition coefficient (Wildman–Crippen LogP) is 6.19. The van der Waals surface area contributed by atoms with Crippen LogP contribution in [0.3, 0.4) is 0 Å². The summed E-state index contributed by atoms with van der Waals surface area (Å²) in [4.78, 5) is 6.60. The van der Waals surface area contributed by atoms with Gasteiger partial charge >= 0.3 is 0 Å². The van der Waals surface area contributed by atoms with Crippen LogP contribution < -0.4 is 0 Å². The minimum atomic E-state index is -0.787. The van der Waals surface area contributed by atoms with Crippen molar-refractivity contribution in [3.05, 3.63) is 54.2 Å². The van der Waals surface area contributed by atoms with Gasteiger partial charge in [0, 0.05) is 9.49 Å². The summed E-state index contributed by atoms with van der Waals surface area (Å²) >= 11 is 5.69. The highest BCUT2D eigenvalue weighted by atomic mass is 32.2. The first-order valence-corrected chi connectivity index (χ1v) is 8.84. The lowest BCUT2D eigenvalue weighted by Gasteiger charge is -2.16. The summed E-state index contributed by atoms with van der Waals surface area (Å²) in [6, 6.07) is 8.28. The van der Waals surface area contributed by atoms with Crippen molar-refractivity contribution in [3.8, 4) is 0 Å². The summed E-state index contributed by atoms with van der Waals surface area (Å²) < 4.78 is 36.5. The smallest absolute Gasteiger partial charge is 0.213 e. The van der Waals surface area contributed by atoms with Crippen LogP contribution in [0.15, 0.2) is 41.4 Å².